The fourth-order valence-electron chi connectivity index (χ4n) is 7.62. The Bertz CT molecular complexity index is 1360. The van der Waals surface area contributed by atoms with Crippen molar-refractivity contribution in [1.29, 1.82) is 0 Å². The molecule has 0 fully saturated rings. The fraction of sp³-hybridized carbons (Fsp3) is 0.694. The molecule has 68 heavy (non-hydrogen) atoms. The summed E-state index contributed by atoms with van der Waals surface area (Å²) in [4.78, 5) is 38.2. The highest BCUT2D eigenvalue weighted by atomic mass is 16.6. The molecule has 0 aromatic carbocycles. The molecule has 0 heterocycles. The molecule has 0 saturated heterocycles. The second-order valence-corrected chi connectivity index (χ2v) is 18.4. The normalized spacial score (nSPS) is 12.8. The van der Waals surface area contributed by atoms with Crippen LogP contribution in [0.2, 0.25) is 0 Å². The molecule has 0 saturated carbocycles. The van der Waals surface area contributed by atoms with Gasteiger partial charge in [0.25, 0.3) is 0 Å². The number of unbranched alkanes of at least 4 members (excludes halogenated alkanes) is 23. The zero-order valence-electron chi connectivity index (χ0n) is 44.3. The maximum atomic E-state index is 12.9. The van der Waals surface area contributed by atoms with Crippen LogP contribution in [0, 0.1) is 0 Å². The Labute approximate surface area is 419 Å². The molecule has 1 atom stereocenters. The summed E-state index contributed by atoms with van der Waals surface area (Å²) >= 11 is 0. The van der Waals surface area contributed by atoms with Gasteiger partial charge in [0.2, 0.25) is 0 Å². The van der Waals surface area contributed by atoms with E-state index in [1.54, 1.807) is 0 Å². The molecule has 388 valence electrons. The number of allylic oxidation sites excluding steroid dienone is 16. The minimum atomic E-state index is -0.798. The average Bonchev–Trinajstić information content (AvgIpc) is 3.34. The van der Waals surface area contributed by atoms with Gasteiger partial charge in [0.05, 0.1) is 0 Å². The summed E-state index contributed by atoms with van der Waals surface area (Å²) in [5.74, 6) is -0.934. The molecule has 0 aliphatic heterocycles. The zero-order chi connectivity index (χ0) is 49.3. The molecule has 0 aromatic rings. The van der Waals surface area contributed by atoms with Gasteiger partial charge in [-0.2, -0.15) is 0 Å². The molecule has 0 aliphatic carbocycles. The first-order valence-electron chi connectivity index (χ1n) is 28.2. The fourth-order valence-corrected chi connectivity index (χ4v) is 7.62. The molecule has 0 aromatic heterocycles. The molecule has 0 bridgehead atoms. The SMILES string of the molecule is CC/C=C\C/C=C\C/C=C\C/C=C\CCCCCCC(=O)OCC(COC(=O)CCCCCCC/C=C\CCCCCCCCC)OC(=O)CCCCCCCCC/C=C\C/C=C\C/C=C\CC. The van der Waals surface area contributed by atoms with Gasteiger partial charge in [-0.3, -0.25) is 14.4 Å². The molecular formula is C62H104O6. The van der Waals surface area contributed by atoms with Crippen molar-refractivity contribution in [2.45, 2.75) is 264 Å². The maximum absolute atomic E-state index is 12.9. The van der Waals surface area contributed by atoms with Crippen molar-refractivity contribution >= 4 is 17.9 Å². The lowest BCUT2D eigenvalue weighted by Gasteiger charge is -2.18. The van der Waals surface area contributed by atoms with Crippen molar-refractivity contribution in [3.8, 4) is 0 Å². The van der Waals surface area contributed by atoms with Crippen LogP contribution in [-0.4, -0.2) is 37.2 Å². The highest BCUT2D eigenvalue weighted by molar-refractivity contribution is 5.71. The number of carbonyl (C=O) groups excluding carboxylic acids is 3. The summed E-state index contributed by atoms with van der Waals surface area (Å²) < 4.78 is 16.8. The Hall–Kier alpha value is -3.67. The van der Waals surface area contributed by atoms with Gasteiger partial charge in [0.1, 0.15) is 13.2 Å². The molecule has 6 heteroatoms. The number of hydrogen-bond donors (Lipinski definition) is 0. The predicted octanol–water partition coefficient (Wildman–Crippen LogP) is 18.9. The van der Waals surface area contributed by atoms with Crippen LogP contribution in [0.3, 0.4) is 0 Å². The van der Waals surface area contributed by atoms with E-state index in [4.69, 9.17) is 14.2 Å². The lowest BCUT2D eigenvalue weighted by atomic mass is 10.1. The van der Waals surface area contributed by atoms with Gasteiger partial charge in [-0.25, -0.2) is 0 Å². The van der Waals surface area contributed by atoms with Gasteiger partial charge in [0, 0.05) is 19.3 Å². The van der Waals surface area contributed by atoms with E-state index in [1.807, 2.05) is 0 Å². The monoisotopic (exact) mass is 945 g/mol. The molecule has 0 N–H and O–H groups in total. The van der Waals surface area contributed by atoms with E-state index >= 15 is 0 Å². The zero-order valence-corrected chi connectivity index (χ0v) is 44.3. The van der Waals surface area contributed by atoms with Crippen LogP contribution >= 0.6 is 0 Å². The third-order valence-corrected chi connectivity index (χ3v) is 11.8. The summed E-state index contributed by atoms with van der Waals surface area (Å²) in [7, 11) is 0. The van der Waals surface area contributed by atoms with E-state index in [0.717, 1.165) is 128 Å². The average molecular weight is 946 g/mol. The Morgan fingerprint density at radius 3 is 0.912 bits per heavy atom. The van der Waals surface area contributed by atoms with Crippen molar-refractivity contribution in [1.82, 2.24) is 0 Å². The lowest BCUT2D eigenvalue weighted by molar-refractivity contribution is -0.167. The lowest BCUT2D eigenvalue weighted by Crippen LogP contribution is -2.30. The number of carbonyl (C=O) groups is 3. The molecule has 0 rings (SSSR count). The Kier molecular flexibility index (Phi) is 52.9. The maximum Gasteiger partial charge on any atom is 0.306 e. The number of hydrogen-bond acceptors (Lipinski definition) is 6. The summed E-state index contributed by atoms with van der Waals surface area (Å²) in [6, 6.07) is 0. The molecule has 0 radical (unpaired) electrons. The number of esters is 3. The van der Waals surface area contributed by atoms with Crippen molar-refractivity contribution in [2.75, 3.05) is 13.2 Å². The van der Waals surface area contributed by atoms with Crippen molar-refractivity contribution < 1.29 is 28.6 Å². The third-order valence-electron chi connectivity index (χ3n) is 11.8. The minimum Gasteiger partial charge on any atom is -0.462 e. The van der Waals surface area contributed by atoms with Crippen LogP contribution in [-0.2, 0) is 28.6 Å². The molecule has 0 aliphatic rings. The third kappa shape index (κ3) is 53.3. The smallest absolute Gasteiger partial charge is 0.306 e. The highest BCUT2D eigenvalue weighted by Crippen LogP contribution is 2.14. The quantitative estimate of drug-likeness (QED) is 0.0262. The van der Waals surface area contributed by atoms with E-state index < -0.39 is 6.10 Å². The first-order chi connectivity index (χ1) is 33.5. The van der Waals surface area contributed by atoms with Gasteiger partial charge in [0.15, 0.2) is 6.10 Å². The van der Waals surface area contributed by atoms with E-state index in [0.29, 0.717) is 19.3 Å². The number of ether oxygens (including phenoxy) is 3. The molecule has 1 unspecified atom stereocenters. The standard InChI is InChI=1S/C62H104O6/c1-4-7-10-13-16-19-22-25-28-31-34-37-40-43-46-49-52-55-61(64)67-58-59(57-66-60(63)54-51-48-45-42-39-36-33-30-27-24-21-18-15-12-9-6-3)68-62(65)56-53-50-47-44-41-38-35-32-29-26-23-20-17-14-11-8-5-2/h7-8,10-11,16-17,19-20,25-26,28-30,33-34,37,59H,4-6,9,12-15,18,21-24,27,31-32,35-36,38-58H2,1-3H3/b10-7-,11-8-,19-16-,20-17-,28-25-,29-26-,33-30-,37-34-. The Balaban J connectivity index is 4.46. The topological polar surface area (TPSA) is 78.9 Å². The van der Waals surface area contributed by atoms with E-state index in [-0.39, 0.29) is 31.1 Å². The summed E-state index contributed by atoms with van der Waals surface area (Å²) in [6.07, 6.45) is 73.9. The number of rotatable bonds is 50. The van der Waals surface area contributed by atoms with Crippen LogP contribution in [0.4, 0.5) is 0 Å². The van der Waals surface area contributed by atoms with Crippen LogP contribution in [0.1, 0.15) is 258 Å². The first-order valence-corrected chi connectivity index (χ1v) is 28.2. The minimum absolute atomic E-state index is 0.0944. The second-order valence-electron chi connectivity index (χ2n) is 18.4. The molecule has 0 amide bonds. The van der Waals surface area contributed by atoms with Gasteiger partial charge in [-0.1, -0.05) is 221 Å². The van der Waals surface area contributed by atoms with Crippen LogP contribution in [0.25, 0.3) is 0 Å². The van der Waals surface area contributed by atoms with E-state index in [1.165, 1.54) is 89.9 Å². The second kappa shape index (κ2) is 55.9. The van der Waals surface area contributed by atoms with Gasteiger partial charge < -0.3 is 14.2 Å². The van der Waals surface area contributed by atoms with Crippen LogP contribution in [0.5, 0.6) is 0 Å². The molecule has 6 nitrogen and oxygen atoms in total. The van der Waals surface area contributed by atoms with Crippen LogP contribution in [0.15, 0.2) is 97.2 Å². The van der Waals surface area contributed by atoms with Gasteiger partial charge in [-0.05, 0) is 116 Å². The first kappa shape index (κ1) is 64.3. The summed E-state index contributed by atoms with van der Waals surface area (Å²) in [6.45, 7) is 6.38. The van der Waals surface area contributed by atoms with Crippen molar-refractivity contribution in [2.24, 2.45) is 0 Å². The van der Waals surface area contributed by atoms with Crippen molar-refractivity contribution in [3.05, 3.63) is 97.2 Å². The van der Waals surface area contributed by atoms with E-state index in [2.05, 4.69) is 118 Å². The van der Waals surface area contributed by atoms with Crippen LogP contribution < -0.4 is 0 Å². The summed E-state index contributed by atoms with van der Waals surface area (Å²) in [5, 5.41) is 0. The van der Waals surface area contributed by atoms with Crippen molar-refractivity contribution in [3.63, 3.8) is 0 Å². The highest BCUT2D eigenvalue weighted by Gasteiger charge is 2.19. The van der Waals surface area contributed by atoms with Gasteiger partial charge >= 0.3 is 17.9 Å². The molecular weight excluding hydrogens is 841 g/mol. The largest absolute Gasteiger partial charge is 0.462 e. The van der Waals surface area contributed by atoms with Gasteiger partial charge in [-0.15, -0.1) is 0 Å². The summed E-state index contributed by atoms with van der Waals surface area (Å²) in [5.41, 5.74) is 0. The Morgan fingerprint density at radius 1 is 0.309 bits per heavy atom. The van der Waals surface area contributed by atoms with E-state index in [9.17, 15) is 14.4 Å². The predicted molar refractivity (Wildman–Crippen MR) is 293 cm³/mol. The Morgan fingerprint density at radius 2 is 0.574 bits per heavy atom. The molecule has 0 spiro atoms.